The van der Waals surface area contributed by atoms with Crippen LogP contribution in [-0.2, 0) is 19.0 Å². The number of carbonyl (C=O) groups is 1. The molecule has 1 aromatic heterocycles. The third-order valence-electron chi connectivity index (χ3n) is 3.40. The molecular formula is C15H14F3NO2. The van der Waals surface area contributed by atoms with Crippen molar-refractivity contribution in [3.63, 3.8) is 0 Å². The van der Waals surface area contributed by atoms with E-state index < -0.39 is 17.7 Å². The van der Waals surface area contributed by atoms with Gasteiger partial charge in [0, 0.05) is 6.20 Å². The third-order valence-corrected chi connectivity index (χ3v) is 3.40. The molecular weight excluding hydrogens is 283 g/mol. The van der Waals surface area contributed by atoms with Gasteiger partial charge in [0.05, 0.1) is 5.56 Å². The van der Waals surface area contributed by atoms with E-state index in [0.29, 0.717) is 24.0 Å². The summed E-state index contributed by atoms with van der Waals surface area (Å²) in [7, 11) is 0. The van der Waals surface area contributed by atoms with E-state index in [2.05, 4.69) is 4.98 Å². The molecule has 0 saturated heterocycles. The van der Waals surface area contributed by atoms with Crippen LogP contribution in [0.3, 0.4) is 0 Å². The van der Waals surface area contributed by atoms with E-state index in [0.717, 1.165) is 17.7 Å². The molecule has 2 N–H and O–H groups in total. The van der Waals surface area contributed by atoms with Gasteiger partial charge in [-0.1, -0.05) is 18.2 Å². The molecule has 2 rings (SSSR count). The highest BCUT2D eigenvalue weighted by molar-refractivity contribution is 5.87. The Kier molecular flexibility index (Phi) is 4.06. The lowest BCUT2D eigenvalue weighted by Gasteiger charge is -2.08. The molecule has 0 aliphatic heterocycles. The van der Waals surface area contributed by atoms with E-state index >= 15 is 0 Å². The van der Waals surface area contributed by atoms with Crippen LogP contribution in [0.2, 0.25) is 0 Å². The molecule has 0 spiro atoms. The summed E-state index contributed by atoms with van der Waals surface area (Å²) >= 11 is 0. The van der Waals surface area contributed by atoms with Gasteiger partial charge in [0.1, 0.15) is 5.69 Å². The molecule has 0 radical (unpaired) electrons. The summed E-state index contributed by atoms with van der Waals surface area (Å²) in [5.41, 5.74) is 1.44. The van der Waals surface area contributed by atoms with Crippen molar-refractivity contribution in [3.05, 3.63) is 58.4 Å². The minimum Gasteiger partial charge on any atom is -0.477 e. The van der Waals surface area contributed by atoms with Gasteiger partial charge in [-0.25, -0.2) is 4.79 Å². The Balaban J connectivity index is 2.12. The van der Waals surface area contributed by atoms with Crippen LogP contribution in [0.5, 0.6) is 0 Å². The number of carboxylic acids is 1. The summed E-state index contributed by atoms with van der Waals surface area (Å²) in [6, 6.07) is 5.17. The fourth-order valence-corrected chi connectivity index (χ4v) is 2.20. The molecule has 1 aromatic carbocycles. The predicted octanol–water partition coefficient (Wildman–Crippen LogP) is 3.83. The maximum absolute atomic E-state index is 12.6. The third kappa shape index (κ3) is 3.45. The number of H-pyrrole nitrogens is 1. The van der Waals surface area contributed by atoms with Crippen molar-refractivity contribution >= 4 is 5.97 Å². The highest BCUT2D eigenvalue weighted by atomic mass is 19.4. The number of nitrogens with one attached hydrogen (secondary N) is 1. The van der Waals surface area contributed by atoms with Gasteiger partial charge in [0.25, 0.3) is 0 Å². The molecule has 0 atom stereocenters. The first-order valence-corrected chi connectivity index (χ1v) is 6.35. The number of aryl methyl sites for hydroxylation is 2. The standard InChI is InChI=1S/C15H14F3NO2/c1-9-11(8-19-13(9)14(20)21)6-5-10-3-2-4-12(7-10)15(16,17)18/h2-4,7-8,19H,5-6H2,1H3,(H,20,21). The number of carboxylic acid groups (broad SMARTS) is 1. The molecule has 2 aromatic rings. The number of hydrogen-bond donors (Lipinski definition) is 2. The topological polar surface area (TPSA) is 53.1 Å². The van der Waals surface area contributed by atoms with Crippen molar-refractivity contribution in [2.45, 2.75) is 25.9 Å². The van der Waals surface area contributed by atoms with E-state index in [-0.39, 0.29) is 5.69 Å². The fraction of sp³-hybridized carbons (Fsp3) is 0.267. The Morgan fingerprint density at radius 3 is 2.57 bits per heavy atom. The monoisotopic (exact) mass is 297 g/mol. The van der Waals surface area contributed by atoms with Crippen LogP contribution < -0.4 is 0 Å². The first-order valence-electron chi connectivity index (χ1n) is 6.35. The Morgan fingerprint density at radius 2 is 2.00 bits per heavy atom. The lowest BCUT2D eigenvalue weighted by Crippen LogP contribution is -2.05. The van der Waals surface area contributed by atoms with Gasteiger partial charge < -0.3 is 10.1 Å². The molecule has 0 fully saturated rings. The molecule has 0 amide bonds. The van der Waals surface area contributed by atoms with Gasteiger partial charge in [-0.15, -0.1) is 0 Å². The van der Waals surface area contributed by atoms with Crippen LogP contribution in [0.15, 0.2) is 30.5 Å². The van der Waals surface area contributed by atoms with Gasteiger partial charge in [-0.3, -0.25) is 0 Å². The zero-order chi connectivity index (χ0) is 15.6. The van der Waals surface area contributed by atoms with Crippen molar-refractivity contribution in [1.29, 1.82) is 0 Å². The van der Waals surface area contributed by atoms with Gasteiger partial charge >= 0.3 is 12.1 Å². The molecule has 0 aliphatic carbocycles. The van der Waals surface area contributed by atoms with Crippen LogP contribution in [-0.4, -0.2) is 16.1 Å². The lowest BCUT2D eigenvalue weighted by atomic mass is 10.0. The largest absolute Gasteiger partial charge is 0.477 e. The van der Waals surface area contributed by atoms with Crippen molar-refractivity contribution in [1.82, 2.24) is 4.98 Å². The number of aromatic carboxylic acids is 1. The zero-order valence-electron chi connectivity index (χ0n) is 11.3. The molecule has 0 unspecified atom stereocenters. The Bertz CT molecular complexity index is 659. The lowest BCUT2D eigenvalue weighted by molar-refractivity contribution is -0.137. The summed E-state index contributed by atoms with van der Waals surface area (Å²) in [5, 5.41) is 8.93. The second-order valence-electron chi connectivity index (χ2n) is 4.82. The Hall–Kier alpha value is -2.24. The number of rotatable bonds is 4. The minimum absolute atomic E-state index is 0.119. The number of benzene rings is 1. The van der Waals surface area contributed by atoms with Crippen molar-refractivity contribution in [3.8, 4) is 0 Å². The van der Waals surface area contributed by atoms with Crippen molar-refractivity contribution < 1.29 is 23.1 Å². The summed E-state index contributed by atoms with van der Waals surface area (Å²) in [4.78, 5) is 13.6. The highest BCUT2D eigenvalue weighted by Crippen LogP contribution is 2.29. The summed E-state index contributed by atoms with van der Waals surface area (Å²) < 4.78 is 37.9. The predicted molar refractivity (Wildman–Crippen MR) is 71.3 cm³/mol. The number of hydrogen-bond acceptors (Lipinski definition) is 1. The van der Waals surface area contributed by atoms with Crippen LogP contribution in [0.25, 0.3) is 0 Å². The summed E-state index contributed by atoms with van der Waals surface area (Å²) in [6.07, 6.45) is -1.86. The fourth-order valence-electron chi connectivity index (χ4n) is 2.20. The van der Waals surface area contributed by atoms with Crippen LogP contribution in [0.4, 0.5) is 13.2 Å². The maximum Gasteiger partial charge on any atom is 0.416 e. The minimum atomic E-state index is -4.35. The Labute approximate surface area is 119 Å². The van der Waals surface area contributed by atoms with Crippen molar-refractivity contribution in [2.24, 2.45) is 0 Å². The van der Waals surface area contributed by atoms with E-state index in [9.17, 15) is 18.0 Å². The highest BCUT2D eigenvalue weighted by Gasteiger charge is 2.30. The van der Waals surface area contributed by atoms with Crippen LogP contribution >= 0.6 is 0 Å². The molecule has 0 bridgehead atoms. The summed E-state index contributed by atoms with van der Waals surface area (Å²) in [6.45, 7) is 1.68. The quantitative estimate of drug-likeness (QED) is 0.901. The van der Waals surface area contributed by atoms with Gasteiger partial charge in [-0.05, 0) is 42.5 Å². The number of halogens is 3. The van der Waals surface area contributed by atoms with E-state index in [1.54, 1.807) is 19.2 Å². The van der Waals surface area contributed by atoms with E-state index in [1.807, 2.05) is 0 Å². The molecule has 0 aliphatic rings. The normalized spacial score (nSPS) is 11.6. The summed E-state index contributed by atoms with van der Waals surface area (Å²) in [5.74, 6) is -1.04. The first kappa shape index (κ1) is 15.2. The van der Waals surface area contributed by atoms with Crippen molar-refractivity contribution in [2.75, 3.05) is 0 Å². The average molecular weight is 297 g/mol. The smallest absolute Gasteiger partial charge is 0.416 e. The molecule has 1 heterocycles. The second-order valence-corrected chi connectivity index (χ2v) is 4.82. The van der Waals surface area contributed by atoms with Crippen LogP contribution in [0.1, 0.15) is 32.7 Å². The SMILES string of the molecule is Cc1c(CCc2cccc(C(F)(F)F)c2)c[nH]c1C(=O)O. The van der Waals surface area contributed by atoms with Gasteiger partial charge in [-0.2, -0.15) is 13.2 Å². The molecule has 6 heteroatoms. The maximum atomic E-state index is 12.6. The number of aromatic amines is 1. The van der Waals surface area contributed by atoms with E-state index in [4.69, 9.17) is 5.11 Å². The first-order chi connectivity index (χ1) is 9.79. The molecule has 112 valence electrons. The molecule has 3 nitrogen and oxygen atoms in total. The van der Waals surface area contributed by atoms with Gasteiger partial charge in [0.2, 0.25) is 0 Å². The average Bonchev–Trinajstić information content (AvgIpc) is 2.77. The van der Waals surface area contributed by atoms with Gasteiger partial charge in [0.15, 0.2) is 0 Å². The number of alkyl halides is 3. The molecule has 0 saturated carbocycles. The number of aromatic nitrogens is 1. The van der Waals surface area contributed by atoms with E-state index in [1.165, 1.54) is 6.07 Å². The Morgan fingerprint density at radius 1 is 1.29 bits per heavy atom. The second kappa shape index (κ2) is 5.63. The van der Waals surface area contributed by atoms with Crippen LogP contribution in [0, 0.1) is 6.92 Å². The molecule has 21 heavy (non-hydrogen) atoms. The zero-order valence-corrected chi connectivity index (χ0v) is 11.3.